The van der Waals surface area contributed by atoms with Crippen molar-refractivity contribution >= 4 is 30.0 Å². The van der Waals surface area contributed by atoms with Gasteiger partial charge in [0.1, 0.15) is 6.04 Å². The maximum atomic E-state index is 9.93. The molecule has 5 heteroatoms. The Labute approximate surface area is 64.6 Å². The number of hydrogen-bond acceptors (Lipinski definition) is 2. The molecule has 0 radical (unpaired) electrons. The van der Waals surface area contributed by atoms with Crippen LogP contribution in [0.4, 0.5) is 0 Å². The van der Waals surface area contributed by atoms with Crippen LogP contribution in [0.3, 0.4) is 0 Å². The van der Waals surface area contributed by atoms with E-state index in [1.165, 1.54) is 0 Å². The van der Waals surface area contributed by atoms with Gasteiger partial charge in [-0.3, -0.25) is 4.79 Å². The lowest BCUT2D eigenvalue weighted by Gasteiger charge is -2.05. The zero-order valence-electron chi connectivity index (χ0n) is 4.87. The minimum atomic E-state index is -1.06. The first-order valence-electron chi connectivity index (χ1n) is 2.18. The van der Waals surface area contributed by atoms with Crippen molar-refractivity contribution in [3.8, 4) is 0 Å². The summed E-state index contributed by atoms with van der Waals surface area (Å²) < 4.78 is 0. The number of hydrogen-bond donors (Lipinski definition) is 2. The molecule has 9 heavy (non-hydrogen) atoms. The van der Waals surface area contributed by atoms with Gasteiger partial charge in [-0.2, -0.15) is 0 Å². The second kappa shape index (κ2) is 4.85. The highest BCUT2D eigenvalue weighted by molar-refractivity contribution is 6.22. The molecule has 0 aliphatic carbocycles. The van der Waals surface area contributed by atoms with Crippen molar-refractivity contribution in [2.75, 3.05) is 0 Å². The van der Waals surface area contributed by atoms with Crippen LogP contribution in [0.25, 0.3) is 0 Å². The molecule has 3 N–H and O–H groups in total. The van der Waals surface area contributed by atoms with Crippen LogP contribution >= 0.6 is 24.0 Å². The Kier molecular flexibility index (Phi) is 6.34. The van der Waals surface area contributed by atoms with E-state index in [0.29, 0.717) is 0 Å². The molecule has 0 amide bonds. The average Bonchev–Trinajstić information content (AvgIpc) is 1.64. The first-order valence-corrected chi connectivity index (χ1v) is 2.62. The molecule has 0 saturated carbocycles. The molecule has 0 rings (SSSR count). The van der Waals surface area contributed by atoms with Crippen LogP contribution in [-0.2, 0) is 4.79 Å². The van der Waals surface area contributed by atoms with Gasteiger partial charge in [-0.05, 0) is 6.92 Å². The number of halogens is 2. The highest BCUT2D eigenvalue weighted by Crippen LogP contribution is 1.97. The Morgan fingerprint density at radius 2 is 2.11 bits per heavy atom. The Balaban J connectivity index is 0. The third-order valence-corrected chi connectivity index (χ3v) is 1.05. The average molecular weight is 174 g/mol. The second-order valence-corrected chi connectivity index (χ2v) is 2.23. The highest BCUT2D eigenvalue weighted by atomic mass is 35.5. The number of rotatable bonds is 2. The number of nitrogens with two attached hydrogens (primary N) is 1. The van der Waals surface area contributed by atoms with E-state index >= 15 is 0 Å². The molecule has 2 unspecified atom stereocenters. The summed E-state index contributed by atoms with van der Waals surface area (Å²) in [5.74, 6) is -1.06. The number of carboxylic acid groups (broad SMARTS) is 1. The van der Waals surface area contributed by atoms with Gasteiger partial charge < -0.3 is 10.8 Å². The summed E-state index contributed by atoms with van der Waals surface area (Å²) in [7, 11) is 0. The van der Waals surface area contributed by atoms with Gasteiger partial charge in [0.15, 0.2) is 0 Å². The van der Waals surface area contributed by atoms with Gasteiger partial charge in [0.25, 0.3) is 0 Å². The largest absolute Gasteiger partial charge is 0.480 e. The molecule has 0 aliphatic heterocycles. The van der Waals surface area contributed by atoms with E-state index in [9.17, 15) is 4.79 Å². The van der Waals surface area contributed by atoms with Crippen molar-refractivity contribution in [2.24, 2.45) is 5.73 Å². The fourth-order valence-electron chi connectivity index (χ4n) is 0.196. The summed E-state index contributed by atoms with van der Waals surface area (Å²) in [5, 5.41) is 7.64. The number of alkyl halides is 1. The number of aliphatic carboxylic acids is 1. The summed E-state index contributed by atoms with van der Waals surface area (Å²) in [6.45, 7) is 1.54. The van der Waals surface area contributed by atoms with Gasteiger partial charge in [-0.1, -0.05) is 0 Å². The lowest BCUT2D eigenvalue weighted by atomic mass is 10.2. The van der Waals surface area contributed by atoms with Crippen LogP contribution in [0, 0.1) is 0 Å². The van der Waals surface area contributed by atoms with Crippen LogP contribution in [0.15, 0.2) is 0 Å². The molecule has 0 aromatic rings. The van der Waals surface area contributed by atoms with Crippen LogP contribution < -0.4 is 5.73 Å². The molecule has 56 valence electrons. The predicted molar refractivity (Wildman–Crippen MR) is 38.2 cm³/mol. The number of carbonyl (C=O) groups is 1. The van der Waals surface area contributed by atoms with E-state index in [2.05, 4.69) is 0 Å². The normalized spacial score (nSPS) is 15.4. The van der Waals surface area contributed by atoms with Gasteiger partial charge in [-0.25, -0.2) is 0 Å². The minimum absolute atomic E-state index is 0. The fraction of sp³-hybridized carbons (Fsp3) is 0.750. The predicted octanol–water partition coefficient (Wildman–Crippen LogP) is 0.447. The summed E-state index contributed by atoms with van der Waals surface area (Å²) in [5.41, 5.74) is 5.03. The monoisotopic (exact) mass is 173 g/mol. The van der Waals surface area contributed by atoms with E-state index in [1.54, 1.807) is 6.92 Å². The van der Waals surface area contributed by atoms with Gasteiger partial charge in [0.2, 0.25) is 0 Å². The highest BCUT2D eigenvalue weighted by Gasteiger charge is 2.16. The smallest absolute Gasteiger partial charge is 0.322 e. The van der Waals surface area contributed by atoms with E-state index < -0.39 is 17.4 Å². The first-order chi connectivity index (χ1) is 3.55. The van der Waals surface area contributed by atoms with Crippen molar-refractivity contribution in [3.05, 3.63) is 0 Å². The van der Waals surface area contributed by atoms with Crippen molar-refractivity contribution < 1.29 is 9.90 Å². The molecule has 0 aromatic carbocycles. The van der Waals surface area contributed by atoms with Crippen LogP contribution in [0.2, 0.25) is 0 Å². The van der Waals surface area contributed by atoms with E-state index in [-0.39, 0.29) is 12.4 Å². The molecule has 0 bridgehead atoms. The Morgan fingerprint density at radius 3 is 2.11 bits per heavy atom. The molecule has 0 saturated heterocycles. The molecule has 2 atom stereocenters. The lowest BCUT2D eigenvalue weighted by Crippen LogP contribution is -2.37. The SMILES string of the molecule is CC(Cl)C(N)C(=O)O.Cl. The maximum absolute atomic E-state index is 9.93. The molecule has 0 spiro atoms. The van der Waals surface area contributed by atoms with Crippen molar-refractivity contribution in [2.45, 2.75) is 18.3 Å². The standard InChI is InChI=1S/C4H8ClNO2.ClH/c1-2(5)3(6)4(7)8;/h2-3H,6H2,1H3,(H,7,8);1H. The summed E-state index contributed by atoms with van der Waals surface area (Å²) in [6, 6.07) is -0.948. The minimum Gasteiger partial charge on any atom is -0.480 e. The van der Waals surface area contributed by atoms with Gasteiger partial charge in [0.05, 0.1) is 5.38 Å². The zero-order valence-corrected chi connectivity index (χ0v) is 6.45. The molecule has 0 aromatic heterocycles. The first kappa shape index (κ1) is 11.8. The van der Waals surface area contributed by atoms with Gasteiger partial charge in [0, 0.05) is 0 Å². The van der Waals surface area contributed by atoms with Gasteiger partial charge in [-0.15, -0.1) is 24.0 Å². The molecule has 0 fully saturated rings. The zero-order chi connectivity index (χ0) is 6.73. The molecule has 3 nitrogen and oxygen atoms in total. The Bertz CT molecular complexity index is 96.6. The van der Waals surface area contributed by atoms with Crippen LogP contribution in [0.1, 0.15) is 6.92 Å². The molecule has 0 heterocycles. The topological polar surface area (TPSA) is 63.3 Å². The third-order valence-electron chi connectivity index (χ3n) is 0.780. The second-order valence-electron chi connectivity index (χ2n) is 1.54. The Hall–Kier alpha value is 0.01000. The molecular weight excluding hydrogens is 165 g/mol. The van der Waals surface area contributed by atoms with E-state index in [4.69, 9.17) is 22.4 Å². The van der Waals surface area contributed by atoms with Crippen LogP contribution in [0.5, 0.6) is 0 Å². The Morgan fingerprint density at radius 1 is 1.78 bits per heavy atom. The van der Waals surface area contributed by atoms with Crippen LogP contribution in [-0.4, -0.2) is 22.5 Å². The molecule has 0 aliphatic rings. The van der Waals surface area contributed by atoms with Crippen molar-refractivity contribution in [1.82, 2.24) is 0 Å². The lowest BCUT2D eigenvalue weighted by molar-refractivity contribution is -0.138. The summed E-state index contributed by atoms with van der Waals surface area (Å²) >= 11 is 5.32. The maximum Gasteiger partial charge on any atom is 0.322 e. The summed E-state index contributed by atoms with van der Waals surface area (Å²) in [4.78, 5) is 9.93. The summed E-state index contributed by atoms with van der Waals surface area (Å²) in [6.07, 6.45) is 0. The molecular formula is C4H9Cl2NO2. The third kappa shape index (κ3) is 4.51. The van der Waals surface area contributed by atoms with Crippen molar-refractivity contribution in [1.29, 1.82) is 0 Å². The van der Waals surface area contributed by atoms with Crippen molar-refractivity contribution in [3.63, 3.8) is 0 Å². The fourth-order valence-corrected chi connectivity index (χ4v) is 0.304. The van der Waals surface area contributed by atoms with Gasteiger partial charge >= 0.3 is 5.97 Å². The van der Waals surface area contributed by atoms with E-state index in [1.807, 2.05) is 0 Å². The quantitative estimate of drug-likeness (QED) is 0.597. The van der Waals surface area contributed by atoms with E-state index in [0.717, 1.165) is 0 Å². The number of carboxylic acids is 1.